The monoisotopic (exact) mass is 266 g/mol. The molecule has 0 bridgehead atoms. The molecule has 2 rings (SSSR count). The van der Waals surface area contributed by atoms with Gasteiger partial charge < -0.3 is 10.2 Å². The quantitative estimate of drug-likeness (QED) is 0.858. The molecule has 3 nitrogen and oxygen atoms in total. The van der Waals surface area contributed by atoms with Gasteiger partial charge in [0.25, 0.3) is 0 Å². The molecule has 0 radical (unpaired) electrons. The predicted octanol–water partition coefficient (Wildman–Crippen LogP) is 2.72. The molecule has 1 saturated carbocycles. The van der Waals surface area contributed by atoms with E-state index in [9.17, 15) is 4.79 Å². The van der Waals surface area contributed by atoms with Crippen molar-refractivity contribution in [2.45, 2.75) is 45.2 Å². The van der Waals surface area contributed by atoms with E-state index in [1.54, 1.807) is 11.3 Å². The number of hydrogen-bond acceptors (Lipinski definition) is 3. The van der Waals surface area contributed by atoms with Gasteiger partial charge in [-0.05, 0) is 38.8 Å². The SMILES string of the molecule is Cc1ccc(C(C)N(C)C(=O)CCNC2CC2)s1. The van der Waals surface area contributed by atoms with E-state index in [2.05, 4.69) is 31.3 Å². The third kappa shape index (κ3) is 3.56. The van der Waals surface area contributed by atoms with Gasteiger partial charge in [-0.3, -0.25) is 4.79 Å². The number of hydrogen-bond donors (Lipinski definition) is 1. The number of aryl methyl sites for hydroxylation is 1. The van der Waals surface area contributed by atoms with E-state index in [-0.39, 0.29) is 11.9 Å². The summed E-state index contributed by atoms with van der Waals surface area (Å²) in [6.07, 6.45) is 3.14. The average molecular weight is 266 g/mol. The van der Waals surface area contributed by atoms with E-state index in [1.807, 2.05) is 11.9 Å². The fourth-order valence-electron chi connectivity index (χ4n) is 1.93. The Morgan fingerprint density at radius 3 is 2.83 bits per heavy atom. The largest absolute Gasteiger partial charge is 0.338 e. The van der Waals surface area contributed by atoms with Crippen LogP contribution in [-0.2, 0) is 4.79 Å². The van der Waals surface area contributed by atoms with Gasteiger partial charge in [-0.1, -0.05) is 0 Å². The van der Waals surface area contributed by atoms with Crippen molar-refractivity contribution in [3.63, 3.8) is 0 Å². The second-order valence-electron chi connectivity index (χ2n) is 5.11. The topological polar surface area (TPSA) is 32.3 Å². The van der Waals surface area contributed by atoms with Crippen LogP contribution in [0.15, 0.2) is 12.1 Å². The van der Waals surface area contributed by atoms with Crippen molar-refractivity contribution in [3.05, 3.63) is 21.9 Å². The van der Waals surface area contributed by atoms with Gasteiger partial charge in [0.2, 0.25) is 5.91 Å². The smallest absolute Gasteiger partial charge is 0.224 e. The summed E-state index contributed by atoms with van der Waals surface area (Å²) in [5.41, 5.74) is 0. The summed E-state index contributed by atoms with van der Waals surface area (Å²) in [6, 6.07) is 5.10. The number of amides is 1. The van der Waals surface area contributed by atoms with Gasteiger partial charge in [0.15, 0.2) is 0 Å². The number of nitrogens with one attached hydrogen (secondary N) is 1. The van der Waals surface area contributed by atoms with Crippen molar-refractivity contribution in [3.8, 4) is 0 Å². The Labute approximate surface area is 113 Å². The van der Waals surface area contributed by atoms with Gasteiger partial charge in [-0.2, -0.15) is 0 Å². The standard InChI is InChI=1S/C14H22N2OS/c1-10-4-7-13(18-10)11(2)16(3)14(17)8-9-15-12-5-6-12/h4,7,11-12,15H,5-6,8-9H2,1-3H3. The fourth-order valence-corrected chi connectivity index (χ4v) is 2.90. The van der Waals surface area contributed by atoms with Crippen LogP contribution in [0.25, 0.3) is 0 Å². The number of nitrogens with zero attached hydrogens (tertiary/aromatic N) is 1. The Kier molecular flexibility index (Phi) is 4.40. The van der Waals surface area contributed by atoms with E-state index < -0.39 is 0 Å². The summed E-state index contributed by atoms with van der Waals surface area (Å²) in [5, 5.41) is 3.38. The molecule has 1 unspecified atom stereocenters. The molecule has 1 fully saturated rings. The summed E-state index contributed by atoms with van der Waals surface area (Å²) in [4.78, 5) is 16.5. The van der Waals surface area contributed by atoms with Crippen molar-refractivity contribution < 1.29 is 4.79 Å². The summed E-state index contributed by atoms with van der Waals surface area (Å²) in [7, 11) is 1.90. The Balaban J connectivity index is 1.80. The summed E-state index contributed by atoms with van der Waals surface area (Å²) in [6.45, 7) is 5.00. The fraction of sp³-hybridized carbons (Fsp3) is 0.643. The zero-order valence-electron chi connectivity index (χ0n) is 11.4. The average Bonchev–Trinajstić information content (AvgIpc) is 3.07. The summed E-state index contributed by atoms with van der Waals surface area (Å²) < 4.78 is 0. The first-order valence-electron chi connectivity index (χ1n) is 6.63. The molecule has 0 saturated heterocycles. The van der Waals surface area contributed by atoms with Crippen LogP contribution in [0.4, 0.5) is 0 Å². The zero-order valence-corrected chi connectivity index (χ0v) is 12.2. The molecule has 1 N–H and O–H groups in total. The molecule has 1 aromatic heterocycles. The molecular weight excluding hydrogens is 244 g/mol. The minimum absolute atomic E-state index is 0.178. The Hall–Kier alpha value is -0.870. The van der Waals surface area contributed by atoms with Gasteiger partial charge >= 0.3 is 0 Å². The van der Waals surface area contributed by atoms with Crippen molar-refractivity contribution >= 4 is 17.2 Å². The van der Waals surface area contributed by atoms with Gasteiger partial charge in [0, 0.05) is 35.8 Å². The molecule has 100 valence electrons. The van der Waals surface area contributed by atoms with E-state index in [0.717, 1.165) is 6.54 Å². The molecular formula is C14H22N2OS. The van der Waals surface area contributed by atoms with Crippen LogP contribution >= 0.6 is 11.3 Å². The Morgan fingerprint density at radius 1 is 1.56 bits per heavy atom. The van der Waals surface area contributed by atoms with E-state index in [0.29, 0.717) is 12.5 Å². The first kappa shape index (κ1) is 13.6. The molecule has 1 amide bonds. The molecule has 18 heavy (non-hydrogen) atoms. The van der Waals surface area contributed by atoms with Crippen LogP contribution in [0.3, 0.4) is 0 Å². The highest BCUT2D eigenvalue weighted by Gasteiger charge is 2.22. The van der Waals surface area contributed by atoms with Crippen molar-refractivity contribution in [1.29, 1.82) is 0 Å². The maximum absolute atomic E-state index is 12.1. The van der Waals surface area contributed by atoms with Crippen molar-refractivity contribution in [2.75, 3.05) is 13.6 Å². The van der Waals surface area contributed by atoms with E-state index in [1.165, 1.54) is 22.6 Å². The molecule has 0 aromatic carbocycles. The van der Waals surface area contributed by atoms with E-state index in [4.69, 9.17) is 0 Å². The van der Waals surface area contributed by atoms with Crippen LogP contribution in [0.5, 0.6) is 0 Å². The lowest BCUT2D eigenvalue weighted by atomic mass is 10.2. The van der Waals surface area contributed by atoms with Crippen LogP contribution in [0.1, 0.15) is 42.0 Å². The summed E-state index contributed by atoms with van der Waals surface area (Å²) in [5.74, 6) is 0.224. The molecule has 1 aliphatic rings. The molecule has 1 aliphatic carbocycles. The normalized spacial score (nSPS) is 16.6. The second-order valence-corrected chi connectivity index (χ2v) is 6.43. The molecule has 4 heteroatoms. The van der Waals surface area contributed by atoms with Crippen LogP contribution < -0.4 is 5.32 Å². The zero-order chi connectivity index (χ0) is 13.1. The highest BCUT2D eigenvalue weighted by Crippen LogP contribution is 2.26. The number of rotatable bonds is 6. The first-order chi connectivity index (χ1) is 8.58. The lowest BCUT2D eigenvalue weighted by molar-refractivity contribution is -0.131. The highest BCUT2D eigenvalue weighted by atomic mass is 32.1. The molecule has 0 aliphatic heterocycles. The van der Waals surface area contributed by atoms with Crippen LogP contribution in [0, 0.1) is 6.92 Å². The molecule has 1 aromatic rings. The maximum atomic E-state index is 12.1. The molecule has 1 heterocycles. The minimum Gasteiger partial charge on any atom is -0.338 e. The first-order valence-corrected chi connectivity index (χ1v) is 7.45. The van der Waals surface area contributed by atoms with Gasteiger partial charge in [0.1, 0.15) is 0 Å². The highest BCUT2D eigenvalue weighted by molar-refractivity contribution is 7.12. The Morgan fingerprint density at radius 2 is 2.28 bits per heavy atom. The lowest BCUT2D eigenvalue weighted by Gasteiger charge is -2.24. The second kappa shape index (κ2) is 5.85. The maximum Gasteiger partial charge on any atom is 0.224 e. The Bertz CT molecular complexity index is 412. The van der Waals surface area contributed by atoms with Crippen molar-refractivity contribution in [1.82, 2.24) is 10.2 Å². The minimum atomic E-state index is 0.178. The van der Waals surface area contributed by atoms with Gasteiger partial charge in [-0.25, -0.2) is 0 Å². The molecule has 1 atom stereocenters. The van der Waals surface area contributed by atoms with Gasteiger partial charge in [0.05, 0.1) is 6.04 Å². The van der Waals surface area contributed by atoms with Crippen LogP contribution in [0.2, 0.25) is 0 Å². The van der Waals surface area contributed by atoms with Gasteiger partial charge in [-0.15, -0.1) is 11.3 Å². The van der Waals surface area contributed by atoms with Crippen LogP contribution in [-0.4, -0.2) is 30.4 Å². The third-order valence-corrected chi connectivity index (χ3v) is 4.67. The number of carbonyl (C=O) groups is 1. The number of carbonyl (C=O) groups excluding carboxylic acids is 1. The summed E-state index contributed by atoms with van der Waals surface area (Å²) >= 11 is 1.77. The molecule has 0 spiro atoms. The third-order valence-electron chi connectivity index (χ3n) is 3.50. The number of thiophene rings is 1. The van der Waals surface area contributed by atoms with E-state index >= 15 is 0 Å². The predicted molar refractivity (Wildman–Crippen MR) is 75.9 cm³/mol. The van der Waals surface area contributed by atoms with Crippen molar-refractivity contribution in [2.24, 2.45) is 0 Å². The lowest BCUT2D eigenvalue weighted by Crippen LogP contribution is -2.32.